The molecule has 1 nitrogen and oxygen atoms in total. The van der Waals surface area contributed by atoms with Crippen LogP contribution >= 0.6 is 0 Å². The topological polar surface area (TPSA) is 20.2 Å². The molecule has 0 heterocycles. The molecule has 0 aromatic carbocycles. The standard InChI is InChI=1S/C20H32O/c1-17(2)6-4-7-18(3)15(17)5-8-19-10-14-13(9-16(18)19)20(14,11-19)12-21/h13-16,21H,4-12H2,1-3H3/t13-,14+,15+,16-,18+,19+,20+/m0/s1. The Bertz CT molecular complexity index is 496. The van der Waals surface area contributed by atoms with E-state index in [1.807, 2.05) is 0 Å². The first-order valence-electron chi connectivity index (χ1n) is 9.49. The summed E-state index contributed by atoms with van der Waals surface area (Å²) < 4.78 is 0. The molecular weight excluding hydrogens is 256 g/mol. The van der Waals surface area contributed by atoms with Crippen LogP contribution in [-0.4, -0.2) is 11.7 Å². The molecule has 7 atom stereocenters. The molecule has 0 aliphatic heterocycles. The van der Waals surface area contributed by atoms with E-state index in [0.29, 0.717) is 28.3 Å². The molecule has 6 aliphatic rings. The van der Waals surface area contributed by atoms with E-state index in [0.717, 1.165) is 23.7 Å². The highest BCUT2D eigenvalue weighted by atomic mass is 16.3. The van der Waals surface area contributed by atoms with Gasteiger partial charge in [0.15, 0.2) is 0 Å². The second-order valence-corrected chi connectivity index (χ2v) is 10.6. The molecular formula is C20H32O. The van der Waals surface area contributed by atoms with Crippen LogP contribution in [0.1, 0.15) is 72.1 Å². The Balaban J connectivity index is 1.54. The second-order valence-electron chi connectivity index (χ2n) is 10.6. The summed E-state index contributed by atoms with van der Waals surface area (Å²) in [7, 11) is 0. The zero-order valence-corrected chi connectivity index (χ0v) is 14.1. The lowest BCUT2D eigenvalue weighted by Crippen LogP contribution is -2.57. The molecule has 0 saturated heterocycles. The molecule has 6 aliphatic carbocycles. The second kappa shape index (κ2) is 3.55. The third kappa shape index (κ3) is 1.32. The molecule has 0 aromatic heterocycles. The highest BCUT2D eigenvalue weighted by Gasteiger charge is 2.79. The molecule has 118 valence electrons. The van der Waals surface area contributed by atoms with Crippen LogP contribution in [0.5, 0.6) is 0 Å². The van der Waals surface area contributed by atoms with Crippen LogP contribution in [0.4, 0.5) is 0 Å². The van der Waals surface area contributed by atoms with E-state index in [2.05, 4.69) is 20.8 Å². The fraction of sp³-hybridized carbons (Fsp3) is 1.00. The zero-order valence-electron chi connectivity index (χ0n) is 14.1. The van der Waals surface area contributed by atoms with E-state index < -0.39 is 0 Å². The lowest BCUT2D eigenvalue weighted by atomic mass is 9.40. The Morgan fingerprint density at radius 2 is 1.81 bits per heavy atom. The van der Waals surface area contributed by atoms with Crippen molar-refractivity contribution >= 4 is 0 Å². The summed E-state index contributed by atoms with van der Waals surface area (Å²) in [6, 6.07) is 0. The summed E-state index contributed by atoms with van der Waals surface area (Å²) in [4.78, 5) is 0. The molecule has 21 heavy (non-hydrogen) atoms. The molecule has 1 spiro atoms. The maximum absolute atomic E-state index is 9.96. The SMILES string of the molecule is CC1(C)CCC[C@]2(C)[C@@H]1CC[C@]13C[C@@H]4[C@H](C[C@H]12)[C@]4(CO)C3. The Morgan fingerprint density at radius 3 is 2.52 bits per heavy atom. The van der Waals surface area contributed by atoms with Crippen molar-refractivity contribution in [3.63, 3.8) is 0 Å². The Morgan fingerprint density at radius 1 is 1.00 bits per heavy atom. The maximum atomic E-state index is 9.96. The molecule has 0 amide bonds. The molecule has 1 heteroatoms. The molecule has 6 saturated carbocycles. The first-order valence-corrected chi connectivity index (χ1v) is 9.49. The Hall–Kier alpha value is -0.0400. The lowest BCUT2D eigenvalue weighted by molar-refractivity contribution is -0.162. The smallest absolute Gasteiger partial charge is 0.0493 e. The number of rotatable bonds is 1. The van der Waals surface area contributed by atoms with Gasteiger partial charge in [-0.15, -0.1) is 0 Å². The molecule has 6 fully saturated rings. The van der Waals surface area contributed by atoms with Gasteiger partial charge in [0.2, 0.25) is 0 Å². The first-order chi connectivity index (χ1) is 9.88. The van der Waals surface area contributed by atoms with Crippen molar-refractivity contribution in [1.82, 2.24) is 0 Å². The van der Waals surface area contributed by atoms with E-state index in [1.54, 1.807) is 0 Å². The summed E-state index contributed by atoms with van der Waals surface area (Å²) in [6.07, 6.45) is 11.7. The first kappa shape index (κ1) is 13.4. The van der Waals surface area contributed by atoms with Crippen molar-refractivity contribution in [1.29, 1.82) is 0 Å². The van der Waals surface area contributed by atoms with Crippen molar-refractivity contribution < 1.29 is 5.11 Å². The monoisotopic (exact) mass is 288 g/mol. The van der Waals surface area contributed by atoms with Crippen molar-refractivity contribution in [2.75, 3.05) is 6.61 Å². The fourth-order valence-corrected chi connectivity index (χ4v) is 8.97. The van der Waals surface area contributed by atoms with Gasteiger partial charge in [0.05, 0.1) is 0 Å². The van der Waals surface area contributed by atoms with Gasteiger partial charge >= 0.3 is 0 Å². The zero-order chi connectivity index (χ0) is 14.7. The van der Waals surface area contributed by atoms with Gasteiger partial charge < -0.3 is 5.11 Å². The quantitative estimate of drug-likeness (QED) is 0.745. The summed E-state index contributed by atoms with van der Waals surface area (Å²) in [5.41, 5.74) is 2.21. The van der Waals surface area contributed by atoms with Gasteiger partial charge in [-0.2, -0.15) is 0 Å². The van der Waals surface area contributed by atoms with Crippen molar-refractivity contribution in [3.8, 4) is 0 Å². The van der Waals surface area contributed by atoms with Crippen LogP contribution in [0.2, 0.25) is 0 Å². The number of fused-ring (bicyclic) bond motifs is 1. The summed E-state index contributed by atoms with van der Waals surface area (Å²) >= 11 is 0. The van der Waals surface area contributed by atoms with E-state index >= 15 is 0 Å². The third-order valence-corrected chi connectivity index (χ3v) is 9.69. The van der Waals surface area contributed by atoms with E-state index in [4.69, 9.17) is 0 Å². The number of hydrogen-bond donors (Lipinski definition) is 1. The van der Waals surface area contributed by atoms with Crippen LogP contribution in [0, 0.1) is 45.3 Å². The fourth-order valence-electron chi connectivity index (χ4n) is 8.97. The van der Waals surface area contributed by atoms with Gasteiger partial charge in [0, 0.05) is 12.0 Å². The van der Waals surface area contributed by atoms with Gasteiger partial charge in [-0.3, -0.25) is 0 Å². The third-order valence-electron chi connectivity index (χ3n) is 9.69. The van der Waals surface area contributed by atoms with Crippen LogP contribution < -0.4 is 0 Å². The van der Waals surface area contributed by atoms with Crippen LogP contribution in [0.25, 0.3) is 0 Å². The summed E-state index contributed by atoms with van der Waals surface area (Å²) in [5, 5.41) is 9.96. The van der Waals surface area contributed by atoms with Crippen molar-refractivity contribution in [2.24, 2.45) is 45.3 Å². The van der Waals surface area contributed by atoms with E-state index in [-0.39, 0.29) is 0 Å². The van der Waals surface area contributed by atoms with Crippen LogP contribution in [0.3, 0.4) is 0 Å². The number of hydrogen-bond acceptors (Lipinski definition) is 1. The van der Waals surface area contributed by atoms with Gasteiger partial charge in [-0.25, -0.2) is 0 Å². The minimum atomic E-state index is 0.407. The predicted octanol–water partition coefficient (Wildman–Crippen LogP) is 4.64. The molecule has 0 aromatic rings. The molecule has 0 unspecified atom stereocenters. The maximum Gasteiger partial charge on any atom is 0.0493 e. The van der Waals surface area contributed by atoms with E-state index in [1.165, 1.54) is 51.4 Å². The highest BCUT2D eigenvalue weighted by Crippen LogP contribution is 2.85. The lowest BCUT2D eigenvalue weighted by Gasteiger charge is -2.65. The number of aliphatic hydroxyl groups excluding tert-OH is 1. The van der Waals surface area contributed by atoms with Crippen molar-refractivity contribution in [2.45, 2.75) is 72.1 Å². The average molecular weight is 288 g/mol. The Kier molecular flexibility index (Phi) is 2.27. The van der Waals surface area contributed by atoms with Gasteiger partial charge in [0.1, 0.15) is 0 Å². The van der Waals surface area contributed by atoms with Crippen LogP contribution in [-0.2, 0) is 0 Å². The minimum Gasteiger partial charge on any atom is -0.396 e. The normalized spacial score (nSPS) is 62.9. The molecule has 0 radical (unpaired) electrons. The Labute approximate surface area is 129 Å². The molecule has 4 bridgehead atoms. The largest absolute Gasteiger partial charge is 0.396 e. The number of aliphatic hydroxyl groups is 1. The molecule has 1 N–H and O–H groups in total. The average Bonchev–Trinajstić information content (AvgIpc) is 2.93. The minimum absolute atomic E-state index is 0.407. The van der Waals surface area contributed by atoms with Gasteiger partial charge in [-0.1, -0.05) is 27.2 Å². The predicted molar refractivity (Wildman–Crippen MR) is 84.7 cm³/mol. The van der Waals surface area contributed by atoms with E-state index in [9.17, 15) is 5.11 Å². The van der Waals surface area contributed by atoms with Gasteiger partial charge in [-0.05, 0) is 84.9 Å². The van der Waals surface area contributed by atoms with Gasteiger partial charge in [0.25, 0.3) is 0 Å². The van der Waals surface area contributed by atoms with Crippen molar-refractivity contribution in [3.05, 3.63) is 0 Å². The highest BCUT2D eigenvalue weighted by molar-refractivity contribution is 5.28. The summed E-state index contributed by atoms with van der Waals surface area (Å²) in [5.74, 6) is 3.74. The van der Waals surface area contributed by atoms with Crippen LogP contribution in [0.15, 0.2) is 0 Å². The molecule has 6 rings (SSSR count). The summed E-state index contributed by atoms with van der Waals surface area (Å²) in [6.45, 7) is 8.26.